The van der Waals surface area contributed by atoms with Gasteiger partial charge in [0, 0.05) is 17.4 Å². The Morgan fingerprint density at radius 2 is 1.86 bits per heavy atom. The number of benzene rings is 2. The lowest BCUT2D eigenvalue weighted by atomic mass is 10.0. The third-order valence-corrected chi connectivity index (χ3v) is 5.55. The summed E-state index contributed by atoms with van der Waals surface area (Å²) in [4.78, 5) is 26.6. The van der Waals surface area contributed by atoms with E-state index in [2.05, 4.69) is 15.0 Å². The van der Waals surface area contributed by atoms with E-state index in [-0.39, 0.29) is 42.7 Å². The van der Waals surface area contributed by atoms with Crippen molar-refractivity contribution in [2.75, 3.05) is 6.61 Å². The summed E-state index contributed by atoms with van der Waals surface area (Å²) in [5.74, 6) is -0.876. The first kappa shape index (κ1) is 23.2. The maximum atomic E-state index is 12.6. The van der Waals surface area contributed by atoms with Crippen LogP contribution >= 0.6 is 0 Å². The van der Waals surface area contributed by atoms with Crippen molar-refractivity contribution in [1.29, 1.82) is 0 Å². The molecule has 1 atom stereocenters. The van der Waals surface area contributed by atoms with Crippen LogP contribution in [0.4, 0.5) is 19.0 Å². The summed E-state index contributed by atoms with van der Waals surface area (Å²) >= 11 is 0. The van der Waals surface area contributed by atoms with E-state index in [1.165, 1.54) is 22.9 Å². The minimum absolute atomic E-state index is 0.0426. The highest BCUT2D eigenvalue weighted by Crippen LogP contribution is 2.29. The van der Waals surface area contributed by atoms with Crippen LogP contribution in [-0.4, -0.2) is 44.0 Å². The number of nitro groups is 1. The molecule has 5 rings (SSSR count). The van der Waals surface area contributed by atoms with Crippen LogP contribution in [0.25, 0.3) is 21.9 Å². The first-order valence-corrected chi connectivity index (χ1v) is 10.7. The molecule has 36 heavy (non-hydrogen) atoms. The monoisotopic (exact) mass is 501 g/mol. The molecular formula is C23H18F3N5O5. The summed E-state index contributed by atoms with van der Waals surface area (Å²) in [6.07, 6.45) is 0.130. The number of hydrogen-bond donors (Lipinski definition) is 1. The Kier molecular flexibility index (Phi) is 5.74. The second-order valence-electron chi connectivity index (χ2n) is 8.21. The normalized spacial score (nSPS) is 15.2. The quantitative estimate of drug-likeness (QED) is 0.317. The van der Waals surface area contributed by atoms with Crippen molar-refractivity contribution in [3.8, 4) is 22.9 Å². The Balaban J connectivity index is 1.23. The lowest BCUT2D eigenvalue weighted by Crippen LogP contribution is -2.45. The van der Waals surface area contributed by atoms with Crippen molar-refractivity contribution in [3.05, 3.63) is 71.2 Å². The molecule has 1 aliphatic heterocycles. The summed E-state index contributed by atoms with van der Waals surface area (Å²) in [6.45, 7) is 0.483. The van der Waals surface area contributed by atoms with Gasteiger partial charge in [-0.2, -0.15) is 0 Å². The molecule has 1 aliphatic rings. The van der Waals surface area contributed by atoms with Gasteiger partial charge in [-0.3, -0.25) is 9.36 Å². The van der Waals surface area contributed by atoms with Crippen LogP contribution in [0.15, 0.2) is 61.1 Å². The third kappa shape index (κ3) is 5.09. The molecular weight excluding hydrogens is 483 g/mol. The summed E-state index contributed by atoms with van der Waals surface area (Å²) in [7, 11) is 0. The predicted octanol–water partition coefficient (Wildman–Crippen LogP) is 3.89. The smallest absolute Gasteiger partial charge is 0.444 e. The zero-order valence-electron chi connectivity index (χ0n) is 18.4. The van der Waals surface area contributed by atoms with E-state index in [1.54, 1.807) is 22.9 Å². The predicted molar refractivity (Wildman–Crippen MR) is 120 cm³/mol. The van der Waals surface area contributed by atoms with Crippen LogP contribution in [-0.2, 0) is 17.9 Å². The molecule has 0 saturated carbocycles. The fourth-order valence-corrected chi connectivity index (χ4v) is 4.03. The molecule has 0 spiro atoms. The molecule has 1 N–H and O–H groups in total. The van der Waals surface area contributed by atoms with Gasteiger partial charge in [0.1, 0.15) is 25.1 Å². The number of imidazole rings is 1. The highest BCUT2D eigenvalue weighted by atomic mass is 19.4. The molecule has 186 valence electrons. The van der Waals surface area contributed by atoms with E-state index in [1.807, 2.05) is 24.4 Å². The molecule has 0 radical (unpaired) electrons. The molecule has 0 aliphatic carbocycles. The van der Waals surface area contributed by atoms with Crippen molar-refractivity contribution < 1.29 is 32.4 Å². The van der Waals surface area contributed by atoms with Crippen molar-refractivity contribution in [1.82, 2.24) is 19.4 Å². The Labute approximate surface area is 201 Å². The van der Waals surface area contributed by atoms with Gasteiger partial charge in [0.2, 0.25) is 5.91 Å². The van der Waals surface area contributed by atoms with E-state index >= 15 is 0 Å². The number of alkyl halides is 3. The van der Waals surface area contributed by atoms with Gasteiger partial charge in [-0.15, -0.1) is 13.2 Å². The lowest BCUT2D eigenvalue weighted by molar-refractivity contribution is -0.389. The number of hydrogen-bond acceptors (Lipinski definition) is 6. The maximum Gasteiger partial charge on any atom is 0.573 e. The second-order valence-corrected chi connectivity index (χ2v) is 8.21. The lowest BCUT2D eigenvalue weighted by Gasteiger charge is -2.23. The Hall–Kier alpha value is -4.55. The van der Waals surface area contributed by atoms with Crippen molar-refractivity contribution in [2.24, 2.45) is 0 Å². The third-order valence-electron chi connectivity index (χ3n) is 5.55. The minimum atomic E-state index is -4.75. The van der Waals surface area contributed by atoms with E-state index in [0.29, 0.717) is 12.1 Å². The zero-order chi connectivity index (χ0) is 25.4. The van der Waals surface area contributed by atoms with Gasteiger partial charge in [-0.25, -0.2) is 0 Å². The number of amides is 1. The van der Waals surface area contributed by atoms with Crippen LogP contribution < -0.4 is 14.8 Å². The highest BCUT2D eigenvalue weighted by Gasteiger charge is 2.31. The Morgan fingerprint density at radius 1 is 1.14 bits per heavy atom. The first-order chi connectivity index (χ1) is 17.1. The van der Waals surface area contributed by atoms with Crippen LogP contribution in [0.2, 0.25) is 0 Å². The van der Waals surface area contributed by atoms with Crippen LogP contribution in [0.5, 0.6) is 11.8 Å². The standard InChI is InChI=1S/C23H18F3N5O5/c24-23(25,26)36-19-5-3-14(4-6-19)15-1-2-16-8-29(9-17(16)7-15)12-21(32)27-18-10-30-11-20(31(33)34)28-22(30)35-13-18/h1-9,11,18H,10,12-13H2,(H,27,32)/t18-/m0/s1. The Morgan fingerprint density at radius 3 is 2.58 bits per heavy atom. The molecule has 0 saturated heterocycles. The van der Waals surface area contributed by atoms with Gasteiger partial charge < -0.3 is 29.5 Å². The summed E-state index contributed by atoms with van der Waals surface area (Å²) in [6, 6.07) is 10.9. The number of aromatic nitrogens is 3. The van der Waals surface area contributed by atoms with Gasteiger partial charge in [0.15, 0.2) is 0 Å². The molecule has 10 nitrogen and oxygen atoms in total. The van der Waals surface area contributed by atoms with Crippen molar-refractivity contribution in [3.63, 3.8) is 0 Å². The largest absolute Gasteiger partial charge is 0.573 e. The molecule has 4 aromatic rings. The molecule has 0 bridgehead atoms. The molecule has 0 fully saturated rings. The fourth-order valence-electron chi connectivity index (χ4n) is 4.03. The Bertz CT molecular complexity index is 1440. The topological polar surface area (TPSA) is 113 Å². The second kappa shape index (κ2) is 8.91. The summed E-state index contributed by atoms with van der Waals surface area (Å²) in [5.41, 5.74) is 1.51. The van der Waals surface area contributed by atoms with Crippen LogP contribution in [0, 0.1) is 10.1 Å². The fraction of sp³-hybridized carbons (Fsp3) is 0.217. The number of rotatable bonds is 6. The summed E-state index contributed by atoms with van der Waals surface area (Å²) < 4.78 is 49.6. The number of ether oxygens (including phenoxy) is 2. The average Bonchev–Trinajstić information content (AvgIpc) is 3.41. The van der Waals surface area contributed by atoms with Crippen LogP contribution in [0.1, 0.15) is 0 Å². The van der Waals surface area contributed by atoms with E-state index in [0.717, 1.165) is 16.3 Å². The molecule has 3 heterocycles. The van der Waals surface area contributed by atoms with Crippen LogP contribution in [0.3, 0.4) is 0 Å². The van der Waals surface area contributed by atoms with Crippen molar-refractivity contribution >= 4 is 22.5 Å². The minimum Gasteiger partial charge on any atom is -0.444 e. The van der Waals surface area contributed by atoms with Gasteiger partial charge >= 0.3 is 18.2 Å². The van der Waals surface area contributed by atoms with Gasteiger partial charge in [-0.05, 0) is 45.0 Å². The number of fused-ring (bicyclic) bond motifs is 2. The number of halogens is 3. The summed E-state index contributed by atoms with van der Waals surface area (Å²) in [5, 5.41) is 15.5. The molecule has 1 amide bonds. The van der Waals surface area contributed by atoms with Gasteiger partial charge in [0.05, 0.1) is 12.6 Å². The zero-order valence-corrected chi connectivity index (χ0v) is 18.4. The van der Waals surface area contributed by atoms with Gasteiger partial charge in [0.25, 0.3) is 0 Å². The molecule has 0 unspecified atom stereocenters. The molecule has 2 aromatic heterocycles. The van der Waals surface area contributed by atoms with E-state index in [9.17, 15) is 28.1 Å². The molecule has 13 heteroatoms. The van der Waals surface area contributed by atoms with Gasteiger partial charge in [-0.1, -0.05) is 24.3 Å². The number of nitrogens with zero attached hydrogens (tertiary/aromatic N) is 4. The number of carbonyl (C=O) groups is 1. The van der Waals surface area contributed by atoms with Crippen molar-refractivity contribution in [2.45, 2.75) is 25.5 Å². The first-order valence-electron chi connectivity index (χ1n) is 10.7. The number of carbonyl (C=O) groups excluding carboxylic acids is 1. The van der Waals surface area contributed by atoms with E-state index in [4.69, 9.17) is 4.74 Å². The number of nitrogens with one attached hydrogen (secondary N) is 1. The maximum absolute atomic E-state index is 12.6. The highest BCUT2D eigenvalue weighted by molar-refractivity contribution is 5.88. The molecule has 2 aromatic carbocycles. The SMILES string of the molecule is O=C(Cn1cc2ccc(-c3ccc(OC(F)(F)F)cc3)cc2c1)N[C@@H]1COc2nc([N+](=O)[O-])cn2C1. The average molecular weight is 501 g/mol. The van der Waals surface area contributed by atoms with E-state index < -0.39 is 11.3 Å².